The van der Waals surface area contributed by atoms with Crippen LogP contribution in [0, 0.1) is 12.7 Å². The number of halogens is 2. The monoisotopic (exact) mass is 298 g/mol. The molecule has 0 saturated heterocycles. The lowest BCUT2D eigenvalue weighted by Crippen LogP contribution is -2.08. The summed E-state index contributed by atoms with van der Waals surface area (Å²) in [5.41, 5.74) is -0.298. The van der Waals surface area contributed by atoms with Crippen LogP contribution in [0.5, 0.6) is 11.6 Å². The molecule has 17 heavy (non-hydrogen) atoms. The average molecular weight is 299 g/mol. The lowest BCUT2D eigenvalue weighted by molar-refractivity contribution is 0.456. The van der Waals surface area contributed by atoms with Gasteiger partial charge in [0.15, 0.2) is 0 Å². The van der Waals surface area contributed by atoms with Gasteiger partial charge in [0.2, 0.25) is 5.88 Å². The van der Waals surface area contributed by atoms with E-state index in [0.717, 1.165) is 0 Å². The van der Waals surface area contributed by atoms with Crippen molar-refractivity contribution in [3.8, 4) is 11.6 Å². The number of nitrogens with zero attached hydrogens (tertiary/aromatic N) is 1. The van der Waals surface area contributed by atoms with Gasteiger partial charge in [0.25, 0.3) is 5.56 Å². The smallest absolute Gasteiger partial charge is 0.254 e. The molecule has 6 heteroatoms. The lowest BCUT2D eigenvalue weighted by atomic mass is 10.3. The largest absolute Gasteiger partial charge is 0.439 e. The normalized spacial score (nSPS) is 10.3. The van der Waals surface area contributed by atoms with Crippen molar-refractivity contribution in [1.29, 1.82) is 0 Å². The van der Waals surface area contributed by atoms with E-state index in [9.17, 15) is 9.18 Å². The Labute approximate surface area is 105 Å². The summed E-state index contributed by atoms with van der Waals surface area (Å²) in [7, 11) is 0. The third-order valence-corrected chi connectivity index (χ3v) is 2.56. The molecule has 0 atom stereocenters. The van der Waals surface area contributed by atoms with Crippen LogP contribution >= 0.6 is 15.9 Å². The van der Waals surface area contributed by atoms with E-state index in [4.69, 9.17) is 4.74 Å². The lowest BCUT2D eigenvalue weighted by Gasteiger charge is -2.05. The van der Waals surface area contributed by atoms with E-state index in [-0.39, 0.29) is 21.7 Å². The first-order valence-corrected chi connectivity index (χ1v) is 5.55. The molecule has 4 nitrogen and oxygen atoms in total. The molecule has 0 aliphatic rings. The highest BCUT2D eigenvalue weighted by Crippen LogP contribution is 2.24. The molecule has 1 N–H and O–H groups in total. The van der Waals surface area contributed by atoms with Crippen molar-refractivity contribution in [3.05, 3.63) is 50.7 Å². The highest BCUT2D eigenvalue weighted by atomic mass is 79.9. The minimum atomic E-state index is -0.382. The Morgan fingerprint density at radius 2 is 2.18 bits per heavy atom. The van der Waals surface area contributed by atoms with Crippen molar-refractivity contribution in [2.24, 2.45) is 0 Å². The Kier molecular flexibility index (Phi) is 3.23. The zero-order valence-electron chi connectivity index (χ0n) is 8.83. The van der Waals surface area contributed by atoms with Gasteiger partial charge < -0.3 is 9.72 Å². The second kappa shape index (κ2) is 4.67. The standard InChI is InChI=1S/C11H8BrFN2O2/c1-6-14-10(16)5-11(15-6)17-7-2-3-9(13)8(12)4-7/h2-5H,1H3,(H,14,15,16). The molecule has 0 saturated carbocycles. The SMILES string of the molecule is Cc1nc(Oc2ccc(F)c(Br)c2)cc(=O)[nH]1. The summed E-state index contributed by atoms with van der Waals surface area (Å²) in [4.78, 5) is 17.7. The van der Waals surface area contributed by atoms with Crippen LogP contribution in [0.4, 0.5) is 4.39 Å². The molecule has 0 spiro atoms. The summed E-state index contributed by atoms with van der Waals surface area (Å²) in [5, 5.41) is 0. The summed E-state index contributed by atoms with van der Waals surface area (Å²) in [6.45, 7) is 1.65. The number of aryl methyl sites for hydroxylation is 1. The molecule has 0 aliphatic heterocycles. The fourth-order valence-electron chi connectivity index (χ4n) is 1.27. The topological polar surface area (TPSA) is 55.0 Å². The van der Waals surface area contributed by atoms with E-state index >= 15 is 0 Å². The number of ether oxygens (including phenoxy) is 1. The molecule has 1 heterocycles. The average Bonchev–Trinajstić information content (AvgIpc) is 2.22. The highest BCUT2D eigenvalue weighted by molar-refractivity contribution is 9.10. The van der Waals surface area contributed by atoms with Crippen molar-refractivity contribution in [1.82, 2.24) is 9.97 Å². The van der Waals surface area contributed by atoms with E-state index < -0.39 is 0 Å². The van der Waals surface area contributed by atoms with Gasteiger partial charge in [-0.3, -0.25) is 4.79 Å². The van der Waals surface area contributed by atoms with Gasteiger partial charge in [-0.05, 0) is 41.1 Å². The van der Waals surface area contributed by atoms with Gasteiger partial charge in [0.1, 0.15) is 17.4 Å². The number of nitrogens with one attached hydrogen (secondary N) is 1. The summed E-state index contributed by atoms with van der Waals surface area (Å²) in [6, 6.07) is 5.41. The predicted octanol–water partition coefficient (Wildman–Crippen LogP) is 2.77. The van der Waals surface area contributed by atoms with Crippen LogP contribution in [0.3, 0.4) is 0 Å². The number of hydrogen-bond donors (Lipinski definition) is 1. The van der Waals surface area contributed by atoms with Crippen LogP contribution in [0.2, 0.25) is 0 Å². The van der Waals surface area contributed by atoms with Gasteiger partial charge in [0.05, 0.1) is 10.5 Å². The molecular formula is C11H8BrFN2O2. The summed E-state index contributed by atoms with van der Waals surface area (Å²) < 4.78 is 18.6. The van der Waals surface area contributed by atoms with E-state index in [2.05, 4.69) is 25.9 Å². The van der Waals surface area contributed by atoms with Gasteiger partial charge in [-0.25, -0.2) is 9.37 Å². The van der Waals surface area contributed by atoms with Crippen LogP contribution in [-0.2, 0) is 0 Å². The van der Waals surface area contributed by atoms with Crippen LogP contribution in [0.25, 0.3) is 0 Å². The van der Waals surface area contributed by atoms with E-state index in [1.807, 2.05) is 0 Å². The van der Waals surface area contributed by atoms with Crippen LogP contribution in [-0.4, -0.2) is 9.97 Å². The minimum absolute atomic E-state index is 0.171. The van der Waals surface area contributed by atoms with Gasteiger partial charge in [-0.15, -0.1) is 0 Å². The van der Waals surface area contributed by atoms with Crippen LogP contribution < -0.4 is 10.3 Å². The summed E-state index contributed by atoms with van der Waals surface area (Å²) in [6.07, 6.45) is 0. The summed E-state index contributed by atoms with van der Waals surface area (Å²) >= 11 is 3.05. The van der Waals surface area contributed by atoms with Crippen molar-refractivity contribution in [2.75, 3.05) is 0 Å². The summed E-state index contributed by atoms with van der Waals surface area (Å²) in [5.74, 6) is 0.640. The second-order valence-electron chi connectivity index (χ2n) is 3.35. The fraction of sp³-hybridized carbons (Fsp3) is 0.0909. The van der Waals surface area contributed by atoms with Crippen LogP contribution in [0.1, 0.15) is 5.82 Å². The maximum atomic E-state index is 13.0. The molecule has 0 unspecified atom stereocenters. The van der Waals surface area contributed by atoms with E-state index in [1.165, 1.54) is 24.3 Å². The molecule has 1 aromatic carbocycles. The van der Waals surface area contributed by atoms with E-state index in [1.54, 1.807) is 6.92 Å². The van der Waals surface area contributed by atoms with Crippen molar-refractivity contribution in [3.63, 3.8) is 0 Å². The Morgan fingerprint density at radius 3 is 2.82 bits per heavy atom. The molecule has 88 valence electrons. The first-order chi connectivity index (χ1) is 8.04. The second-order valence-corrected chi connectivity index (χ2v) is 4.20. The molecule has 0 aliphatic carbocycles. The molecule has 2 aromatic rings. The van der Waals surface area contributed by atoms with Crippen LogP contribution in [0.15, 0.2) is 33.5 Å². The van der Waals surface area contributed by atoms with Crippen molar-refractivity contribution >= 4 is 15.9 Å². The van der Waals surface area contributed by atoms with Gasteiger partial charge in [-0.1, -0.05) is 0 Å². The zero-order valence-corrected chi connectivity index (χ0v) is 10.4. The maximum absolute atomic E-state index is 13.0. The molecule has 2 rings (SSSR count). The number of benzene rings is 1. The van der Waals surface area contributed by atoms with Gasteiger partial charge >= 0.3 is 0 Å². The Morgan fingerprint density at radius 1 is 1.41 bits per heavy atom. The highest BCUT2D eigenvalue weighted by Gasteiger charge is 2.04. The fourth-order valence-corrected chi connectivity index (χ4v) is 1.62. The molecule has 0 bridgehead atoms. The predicted molar refractivity (Wildman–Crippen MR) is 63.8 cm³/mol. The molecule has 0 amide bonds. The number of aromatic amines is 1. The third-order valence-electron chi connectivity index (χ3n) is 1.95. The number of rotatable bonds is 2. The van der Waals surface area contributed by atoms with Crippen molar-refractivity contribution < 1.29 is 9.13 Å². The Bertz CT molecular complexity index is 613. The van der Waals surface area contributed by atoms with Crippen molar-refractivity contribution in [2.45, 2.75) is 6.92 Å². The molecule has 1 aromatic heterocycles. The van der Waals surface area contributed by atoms with E-state index in [0.29, 0.717) is 11.6 Å². The maximum Gasteiger partial charge on any atom is 0.254 e. The molecular weight excluding hydrogens is 291 g/mol. The number of aromatic nitrogens is 2. The first-order valence-electron chi connectivity index (χ1n) is 4.75. The Balaban J connectivity index is 2.31. The first kappa shape index (κ1) is 11.8. The third kappa shape index (κ3) is 2.91. The minimum Gasteiger partial charge on any atom is -0.439 e. The quantitative estimate of drug-likeness (QED) is 0.927. The van der Waals surface area contributed by atoms with Gasteiger partial charge in [0, 0.05) is 0 Å². The Hall–Kier alpha value is -1.69. The number of hydrogen-bond acceptors (Lipinski definition) is 3. The molecule has 0 fully saturated rings. The molecule has 0 radical (unpaired) electrons. The van der Waals surface area contributed by atoms with Gasteiger partial charge in [-0.2, -0.15) is 0 Å². The number of H-pyrrole nitrogens is 1. The zero-order chi connectivity index (χ0) is 12.4.